The second-order valence-electron chi connectivity index (χ2n) is 6.00. The Morgan fingerprint density at radius 2 is 2.04 bits per heavy atom. The molecule has 1 aromatic heterocycles. The molecule has 1 N–H and O–H groups in total. The molecule has 126 valence electrons. The van der Waals surface area contributed by atoms with Crippen molar-refractivity contribution >= 4 is 22.4 Å². The molecule has 2 aromatic rings. The molecule has 24 heavy (non-hydrogen) atoms. The van der Waals surface area contributed by atoms with Crippen LogP contribution in [0, 0.1) is 0 Å². The maximum atomic E-state index is 12.4. The van der Waals surface area contributed by atoms with Crippen LogP contribution in [0.4, 0.5) is 5.13 Å². The molecule has 0 aliphatic carbocycles. The largest absolute Gasteiger partial charge is 0.454 e. The van der Waals surface area contributed by atoms with Crippen LogP contribution in [0.25, 0.3) is 0 Å². The zero-order valence-electron chi connectivity index (χ0n) is 13.3. The number of fused-ring (bicyclic) bond motifs is 1. The molecule has 2 aliphatic rings. The molecule has 0 unspecified atom stereocenters. The highest BCUT2D eigenvalue weighted by Crippen LogP contribution is 2.32. The zero-order chi connectivity index (χ0) is 16.4. The van der Waals surface area contributed by atoms with Gasteiger partial charge in [0.15, 0.2) is 16.6 Å². The second kappa shape index (κ2) is 6.78. The highest BCUT2D eigenvalue weighted by Gasteiger charge is 2.17. The van der Waals surface area contributed by atoms with Crippen molar-refractivity contribution in [2.24, 2.45) is 0 Å². The van der Waals surface area contributed by atoms with Crippen LogP contribution in [-0.4, -0.2) is 35.7 Å². The van der Waals surface area contributed by atoms with E-state index in [1.807, 2.05) is 5.38 Å². The molecule has 4 rings (SSSR count). The van der Waals surface area contributed by atoms with Crippen LogP contribution in [0.5, 0.6) is 11.5 Å². The van der Waals surface area contributed by atoms with E-state index in [9.17, 15) is 4.79 Å². The number of carbonyl (C=O) groups is 1. The average molecular weight is 345 g/mol. The maximum absolute atomic E-state index is 12.4. The number of likely N-dealkylation sites (tertiary alicyclic amines) is 1. The Bertz CT molecular complexity index is 740. The number of thiazole rings is 1. The number of hydrogen-bond acceptors (Lipinski definition) is 6. The fourth-order valence-corrected chi connectivity index (χ4v) is 3.69. The lowest BCUT2D eigenvalue weighted by atomic mass is 10.1. The quantitative estimate of drug-likeness (QED) is 0.922. The fraction of sp³-hybridized carbons (Fsp3) is 0.412. The normalized spacial score (nSPS) is 17.0. The number of piperidine rings is 1. The lowest BCUT2D eigenvalue weighted by Gasteiger charge is -2.25. The van der Waals surface area contributed by atoms with Gasteiger partial charge in [0.05, 0.1) is 5.69 Å². The van der Waals surface area contributed by atoms with Crippen molar-refractivity contribution in [3.05, 3.63) is 34.8 Å². The third-order valence-electron chi connectivity index (χ3n) is 4.24. The monoisotopic (exact) mass is 345 g/mol. The summed E-state index contributed by atoms with van der Waals surface area (Å²) in [6.07, 6.45) is 3.85. The van der Waals surface area contributed by atoms with E-state index in [0.717, 1.165) is 25.3 Å². The number of anilines is 1. The van der Waals surface area contributed by atoms with Gasteiger partial charge in [0.1, 0.15) is 0 Å². The number of amides is 1. The van der Waals surface area contributed by atoms with E-state index in [1.165, 1.54) is 30.6 Å². The van der Waals surface area contributed by atoms with E-state index < -0.39 is 0 Å². The molecule has 0 saturated carbocycles. The number of aromatic nitrogens is 1. The SMILES string of the molecule is O=C(Nc1nc(CN2CCCCC2)cs1)c1ccc2c(c1)OCO2. The summed E-state index contributed by atoms with van der Waals surface area (Å²) in [7, 11) is 0. The predicted molar refractivity (Wildman–Crippen MR) is 91.8 cm³/mol. The average Bonchev–Trinajstić information content (AvgIpc) is 3.24. The molecule has 2 aliphatic heterocycles. The summed E-state index contributed by atoms with van der Waals surface area (Å²) in [5.41, 5.74) is 1.55. The Morgan fingerprint density at radius 3 is 2.92 bits per heavy atom. The minimum atomic E-state index is -0.188. The minimum Gasteiger partial charge on any atom is -0.454 e. The van der Waals surface area contributed by atoms with E-state index in [4.69, 9.17) is 9.47 Å². The fourth-order valence-electron chi connectivity index (χ4n) is 2.99. The Hall–Kier alpha value is -2.12. The van der Waals surface area contributed by atoms with Crippen molar-refractivity contribution in [2.45, 2.75) is 25.8 Å². The van der Waals surface area contributed by atoms with Gasteiger partial charge in [-0.25, -0.2) is 4.98 Å². The Morgan fingerprint density at radius 1 is 1.21 bits per heavy atom. The van der Waals surface area contributed by atoms with E-state index in [2.05, 4.69) is 15.2 Å². The maximum Gasteiger partial charge on any atom is 0.257 e. The van der Waals surface area contributed by atoms with Crippen molar-refractivity contribution in [3.63, 3.8) is 0 Å². The first-order valence-electron chi connectivity index (χ1n) is 8.16. The van der Waals surface area contributed by atoms with Crippen LogP contribution in [-0.2, 0) is 6.54 Å². The summed E-state index contributed by atoms with van der Waals surface area (Å²) in [6.45, 7) is 3.33. The van der Waals surface area contributed by atoms with Crippen LogP contribution < -0.4 is 14.8 Å². The van der Waals surface area contributed by atoms with Crippen molar-refractivity contribution in [1.29, 1.82) is 0 Å². The van der Waals surface area contributed by atoms with Gasteiger partial charge in [-0.15, -0.1) is 11.3 Å². The summed E-state index contributed by atoms with van der Waals surface area (Å²) in [4.78, 5) is 19.3. The zero-order valence-corrected chi connectivity index (χ0v) is 14.1. The summed E-state index contributed by atoms with van der Waals surface area (Å²) >= 11 is 1.46. The van der Waals surface area contributed by atoms with Crippen molar-refractivity contribution < 1.29 is 14.3 Å². The predicted octanol–water partition coefficient (Wildman–Crippen LogP) is 3.11. The molecule has 6 nitrogen and oxygen atoms in total. The number of nitrogens with one attached hydrogen (secondary N) is 1. The molecule has 0 atom stereocenters. The number of benzene rings is 1. The first kappa shape index (κ1) is 15.4. The van der Waals surface area contributed by atoms with Gasteiger partial charge in [-0.3, -0.25) is 15.0 Å². The van der Waals surface area contributed by atoms with Crippen LogP contribution in [0.2, 0.25) is 0 Å². The highest BCUT2D eigenvalue weighted by atomic mass is 32.1. The first-order chi connectivity index (χ1) is 11.8. The van der Waals surface area contributed by atoms with Crippen molar-refractivity contribution in [2.75, 3.05) is 25.2 Å². The smallest absolute Gasteiger partial charge is 0.257 e. The van der Waals surface area contributed by atoms with Gasteiger partial charge >= 0.3 is 0 Å². The molecular formula is C17H19N3O3S. The highest BCUT2D eigenvalue weighted by molar-refractivity contribution is 7.13. The van der Waals surface area contributed by atoms with Gasteiger partial charge in [-0.1, -0.05) is 6.42 Å². The van der Waals surface area contributed by atoms with E-state index in [1.54, 1.807) is 18.2 Å². The standard InChI is InChI=1S/C17H19N3O3S/c21-16(12-4-5-14-15(8-12)23-11-22-14)19-17-18-13(10-24-17)9-20-6-2-1-3-7-20/h4-5,8,10H,1-3,6-7,9,11H2,(H,18,19,21). The van der Waals surface area contributed by atoms with Crippen LogP contribution in [0.3, 0.4) is 0 Å². The third-order valence-corrected chi connectivity index (χ3v) is 5.05. The molecule has 0 bridgehead atoms. The first-order valence-corrected chi connectivity index (χ1v) is 9.04. The Balaban J connectivity index is 1.39. The van der Waals surface area contributed by atoms with Crippen LogP contribution in [0.1, 0.15) is 35.3 Å². The molecule has 1 saturated heterocycles. The van der Waals surface area contributed by atoms with Crippen molar-refractivity contribution in [3.8, 4) is 11.5 Å². The minimum absolute atomic E-state index is 0.188. The molecule has 1 aromatic carbocycles. The third kappa shape index (κ3) is 3.37. The summed E-state index contributed by atoms with van der Waals surface area (Å²) in [5, 5.41) is 5.51. The Kier molecular flexibility index (Phi) is 4.36. The van der Waals surface area contributed by atoms with Gasteiger partial charge < -0.3 is 9.47 Å². The van der Waals surface area contributed by atoms with Crippen molar-refractivity contribution in [1.82, 2.24) is 9.88 Å². The molecule has 1 fully saturated rings. The van der Waals surface area contributed by atoms with Gasteiger partial charge in [0.25, 0.3) is 5.91 Å². The lowest BCUT2D eigenvalue weighted by Crippen LogP contribution is -2.29. The molecule has 1 amide bonds. The number of ether oxygens (including phenoxy) is 2. The number of hydrogen-bond donors (Lipinski definition) is 1. The van der Waals surface area contributed by atoms with Gasteiger partial charge in [0.2, 0.25) is 6.79 Å². The number of nitrogens with zero attached hydrogens (tertiary/aromatic N) is 2. The van der Waals surface area contributed by atoms with Gasteiger partial charge in [-0.05, 0) is 44.1 Å². The van der Waals surface area contributed by atoms with Crippen LogP contribution in [0.15, 0.2) is 23.6 Å². The molecular weight excluding hydrogens is 326 g/mol. The van der Waals surface area contributed by atoms with Crippen LogP contribution >= 0.6 is 11.3 Å². The van der Waals surface area contributed by atoms with E-state index in [0.29, 0.717) is 22.2 Å². The van der Waals surface area contributed by atoms with Gasteiger partial charge in [0, 0.05) is 17.5 Å². The number of rotatable bonds is 4. The molecule has 0 radical (unpaired) electrons. The summed E-state index contributed by atoms with van der Waals surface area (Å²) in [6, 6.07) is 5.17. The topological polar surface area (TPSA) is 63.7 Å². The van der Waals surface area contributed by atoms with E-state index >= 15 is 0 Å². The van der Waals surface area contributed by atoms with Gasteiger partial charge in [-0.2, -0.15) is 0 Å². The summed E-state index contributed by atoms with van der Waals surface area (Å²) < 4.78 is 10.6. The molecule has 7 heteroatoms. The number of carbonyl (C=O) groups excluding carboxylic acids is 1. The lowest BCUT2D eigenvalue weighted by molar-refractivity contribution is 0.102. The summed E-state index contributed by atoms with van der Waals surface area (Å²) in [5.74, 6) is 1.09. The second-order valence-corrected chi connectivity index (χ2v) is 6.86. The molecule has 3 heterocycles. The van der Waals surface area contributed by atoms with E-state index in [-0.39, 0.29) is 12.7 Å². The molecule has 0 spiro atoms. The Labute approximate surface area is 144 Å².